The number of carbonyl (C=O) groups is 2. The highest BCUT2D eigenvalue weighted by Gasteiger charge is 2.29. The number of aromatic carboxylic acids is 1. The molecule has 0 saturated carbocycles. The fourth-order valence-electron chi connectivity index (χ4n) is 0.987. The van der Waals surface area contributed by atoms with Gasteiger partial charge >= 0.3 is 18.3 Å². The molecule has 0 radical (unpaired) electrons. The van der Waals surface area contributed by atoms with E-state index in [2.05, 4.69) is 0 Å². The normalized spacial score (nSPS) is 10.8. The summed E-state index contributed by atoms with van der Waals surface area (Å²) in [4.78, 5) is 21.3. The lowest BCUT2D eigenvalue weighted by molar-refractivity contribution is -0.144. The quantitative estimate of drug-likeness (QED) is 0.700. The van der Waals surface area contributed by atoms with Crippen LogP contribution in [-0.2, 0) is 0 Å². The second-order valence-corrected chi connectivity index (χ2v) is 2.96. The maximum atomic E-state index is 11.7. The number of hydrogen-bond donors (Lipinski definition) is 3. The molecule has 0 atom stereocenters. The van der Waals surface area contributed by atoms with Crippen LogP contribution in [0, 0.1) is 0 Å². The average molecular weight is 248 g/mol. The summed E-state index contributed by atoms with van der Waals surface area (Å²) in [7, 11) is 0. The molecule has 2 amide bonds. The molecule has 0 aliphatic heterocycles. The van der Waals surface area contributed by atoms with Crippen LogP contribution < -0.4 is 10.6 Å². The number of alkyl halides is 3. The van der Waals surface area contributed by atoms with E-state index in [9.17, 15) is 22.8 Å². The molecule has 0 spiro atoms. The van der Waals surface area contributed by atoms with E-state index in [-0.39, 0.29) is 11.3 Å². The van der Waals surface area contributed by atoms with Crippen molar-refractivity contribution in [3.05, 3.63) is 29.8 Å². The largest absolute Gasteiger partial charge is 0.485 e. The fraction of sp³-hybridized carbons (Fsp3) is 0.111. The highest BCUT2D eigenvalue weighted by molar-refractivity contribution is 5.91. The molecule has 1 rings (SSSR count). The van der Waals surface area contributed by atoms with Crippen LogP contribution in [0.25, 0.3) is 0 Å². The molecule has 0 bridgehead atoms. The van der Waals surface area contributed by atoms with Gasteiger partial charge in [0.15, 0.2) is 0 Å². The summed E-state index contributed by atoms with van der Waals surface area (Å²) in [6.45, 7) is 0. The van der Waals surface area contributed by atoms with Crippen molar-refractivity contribution in [2.45, 2.75) is 6.30 Å². The van der Waals surface area contributed by atoms with Crippen molar-refractivity contribution in [1.82, 2.24) is 5.32 Å². The van der Waals surface area contributed by atoms with Gasteiger partial charge in [-0.15, -0.1) is 0 Å². The van der Waals surface area contributed by atoms with E-state index in [1.807, 2.05) is 5.32 Å². The first kappa shape index (κ1) is 12.8. The van der Waals surface area contributed by atoms with Crippen molar-refractivity contribution in [1.29, 1.82) is 0 Å². The zero-order chi connectivity index (χ0) is 13.1. The van der Waals surface area contributed by atoms with Gasteiger partial charge in [-0.3, -0.25) is 0 Å². The maximum Gasteiger partial charge on any atom is 0.485 e. The minimum Gasteiger partial charge on any atom is -0.478 e. The Kier molecular flexibility index (Phi) is 3.56. The van der Waals surface area contributed by atoms with Gasteiger partial charge in [0.2, 0.25) is 0 Å². The minimum atomic E-state index is -4.81. The third-order valence-electron chi connectivity index (χ3n) is 1.64. The first-order chi connectivity index (χ1) is 7.78. The molecule has 1 aromatic rings. The van der Waals surface area contributed by atoms with Crippen molar-refractivity contribution >= 4 is 17.7 Å². The Morgan fingerprint density at radius 1 is 1.12 bits per heavy atom. The van der Waals surface area contributed by atoms with Crippen molar-refractivity contribution < 1.29 is 27.9 Å². The van der Waals surface area contributed by atoms with Gasteiger partial charge in [-0.1, -0.05) is 0 Å². The molecule has 0 aliphatic carbocycles. The van der Waals surface area contributed by atoms with Crippen LogP contribution in [0.15, 0.2) is 24.3 Å². The maximum absolute atomic E-state index is 11.7. The van der Waals surface area contributed by atoms with Crippen LogP contribution in [-0.4, -0.2) is 23.4 Å². The number of rotatable bonds is 2. The average Bonchev–Trinajstić information content (AvgIpc) is 2.15. The van der Waals surface area contributed by atoms with E-state index in [0.717, 1.165) is 17.4 Å². The van der Waals surface area contributed by atoms with Gasteiger partial charge < -0.3 is 10.4 Å². The molecular weight excluding hydrogens is 241 g/mol. The van der Waals surface area contributed by atoms with E-state index in [1.54, 1.807) is 0 Å². The Balaban J connectivity index is 2.64. The van der Waals surface area contributed by atoms with Gasteiger partial charge in [0.1, 0.15) is 0 Å². The highest BCUT2D eigenvalue weighted by atomic mass is 19.4. The molecule has 0 heterocycles. The van der Waals surface area contributed by atoms with Gasteiger partial charge in [0, 0.05) is 5.69 Å². The molecule has 0 unspecified atom stereocenters. The predicted molar refractivity (Wildman–Crippen MR) is 51.6 cm³/mol. The number of nitrogens with one attached hydrogen (secondary N) is 2. The zero-order valence-corrected chi connectivity index (χ0v) is 8.21. The SMILES string of the molecule is O=C(Nc1ccc(C(=O)O)cc1)NC(F)(F)F. The van der Waals surface area contributed by atoms with Crippen molar-refractivity contribution in [2.75, 3.05) is 5.32 Å². The summed E-state index contributed by atoms with van der Waals surface area (Å²) >= 11 is 0. The molecule has 0 aromatic heterocycles. The topological polar surface area (TPSA) is 78.4 Å². The number of anilines is 1. The van der Waals surface area contributed by atoms with E-state index < -0.39 is 18.3 Å². The van der Waals surface area contributed by atoms with Crippen LogP contribution in [0.3, 0.4) is 0 Å². The number of benzene rings is 1. The first-order valence-electron chi connectivity index (χ1n) is 4.27. The zero-order valence-electron chi connectivity index (χ0n) is 8.21. The summed E-state index contributed by atoms with van der Waals surface area (Å²) in [5.74, 6) is -1.17. The number of halogens is 3. The third-order valence-corrected chi connectivity index (χ3v) is 1.64. The molecule has 8 heteroatoms. The Labute approximate surface area is 93.2 Å². The lowest BCUT2D eigenvalue weighted by Gasteiger charge is -2.09. The minimum absolute atomic E-state index is 0.0354. The van der Waals surface area contributed by atoms with E-state index in [1.165, 1.54) is 12.1 Å². The Bertz CT molecular complexity index is 428. The summed E-state index contributed by atoms with van der Waals surface area (Å²) in [6.07, 6.45) is -4.81. The van der Waals surface area contributed by atoms with Gasteiger partial charge in [-0.2, -0.15) is 13.2 Å². The monoisotopic (exact) mass is 248 g/mol. The van der Waals surface area contributed by atoms with Crippen LogP contribution >= 0.6 is 0 Å². The standard InChI is InChI=1S/C9H7F3N2O3/c10-9(11,12)14-8(17)13-6-3-1-5(2-4-6)7(15)16/h1-4H,(H,15,16)(H2,13,14,17). The van der Waals surface area contributed by atoms with Gasteiger partial charge in [-0.25, -0.2) is 14.9 Å². The molecule has 0 fully saturated rings. The number of carbonyl (C=O) groups excluding carboxylic acids is 1. The third kappa shape index (κ3) is 4.41. The molecule has 0 saturated heterocycles. The number of urea groups is 1. The van der Waals surface area contributed by atoms with Crippen LogP contribution in [0.4, 0.5) is 23.7 Å². The Morgan fingerprint density at radius 3 is 2.06 bits per heavy atom. The highest BCUT2D eigenvalue weighted by Crippen LogP contribution is 2.12. The van der Waals surface area contributed by atoms with Crippen LogP contribution in [0.2, 0.25) is 0 Å². The number of amides is 2. The van der Waals surface area contributed by atoms with E-state index >= 15 is 0 Å². The number of carboxylic acid groups (broad SMARTS) is 1. The summed E-state index contributed by atoms with van der Waals surface area (Å²) in [5, 5.41) is 11.2. The molecule has 92 valence electrons. The second kappa shape index (κ2) is 4.73. The summed E-state index contributed by atoms with van der Waals surface area (Å²) < 4.78 is 35.2. The van der Waals surface area contributed by atoms with Crippen molar-refractivity contribution in [3.63, 3.8) is 0 Å². The van der Waals surface area contributed by atoms with Crippen LogP contribution in [0.5, 0.6) is 0 Å². The van der Waals surface area contributed by atoms with E-state index in [0.29, 0.717) is 0 Å². The van der Waals surface area contributed by atoms with Crippen molar-refractivity contribution in [3.8, 4) is 0 Å². The Morgan fingerprint density at radius 2 is 1.65 bits per heavy atom. The molecular formula is C9H7F3N2O3. The molecule has 1 aromatic carbocycles. The Hall–Kier alpha value is -2.25. The fourth-order valence-corrected chi connectivity index (χ4v) is 0.987. The van der Waals surface area contributed by atoms with E-state index in [4.69, 9.17) is 5.11 Å². The summed E-state index contributed by atoms with van der Waals surface area (Å²) in [6, 6.07) is 3.23. The smallest absolute Gasteiger partial charge is 0.478 e. The lowest BCUT2D eigenvalue weighted by Crippen LogP contribution is -2.40. The lowest BCUT2D eigenvalue weighted by atomic mass is 10.2. The van der Waals surface area contributed by atoms with Gasteiger partial charge in [0.25, 0.3) is 0 Å². The second-order valence-electron chi connectivity index (χ2n) is 2.96. The van der Waals surface area contributed by atoms with Crippen molar-refractivity contribution in [2.24, 2.45) is 0 Å². The molecule has 17 heavy (non-hydrogen) atoms. The molecule has 5 nitrogen and oxygen atoms in total. The molecule has 3 N–H and O–H groups in total. The predicted octanol–water partition coefficient (Wildman–Crippen LogP) is 2.03. The van der Waals surface area contributed by atoms with Crippen LogP contribution in [0.1, 0.15) is 10.4 Å². The summed E-state index contributed by atoms with van der Waals surface area (Å²) in [5.41, 5.74) is 0.0172. The first-order valence-corrected chi connectivity index (χ1v) is 4.27. The van der Waals surface area contributed by atoms with Gasteiger partial charge in [-0.05, 0) is 24.3 Å². The molecule has 0 aliphatic rings. The number of carboxylic acids is 1. The van der Waals surface area contributed by atoms with Gasteiger partial charge in [0.05, 0.1) is 5.56 Å². The number of hydrogen-bond acceptors (Lipinski definition) is 2.